The number of hydrogen-bond acceptors (Lipinski definition) is 9. The molecule has 0 radical (unpaired) electrons. The fourth-order valence-electron chi connectivity index (χ4n) is 2.95. The lowest BCUT2D eigenvalue weighted by Gasteiger charge is -2.28. The zero-order valence-corrected chi connectivity index (χ0v) is 19.0. The molecule has 0 aromatic carbocycles. The third-order valence-corrected chi connectivity index (χ3v) is 6.25. The number of thioether (sulfide) groups is 1. The molecular weight excluding hydrogens is 452 g/mol. The molecule has 0 spiro atoms. The normalized spacial score (nSPS) is 15.4. The van der Waals surface area contributed by atoms with Crippen LogP contribution in [0.5, 0.6) is 0 Å². The Morgan fingerprint density at radius 2 is 1.97 bits per heavy atom. The van der Waals surface area contributed by atoms with Crippen LogP contribution in [0.4, 0.5) is 4.79 Å². The Morgan fingerprint density at radius 3 is 2.62 bits per heavy atom. The molecule has 0 unspecified atom stereocenters. The molecule has 0 saturated heterocycles. The third-order valence-electron chi connectivity index (χ3n) is 4.30. The Hall–Kier alpha value is -3.36. The van der Waals surface area contributed by atoms with Gasteiger partial charge in [0.2, 0.25) is 0 Å². The van der Waals surface area contributed by atoms with Crippen molar-refractivity contribution in [3.8, 4) is 6.07 Å². The SMILES string of the molecule is CCOC(=O)C1=C(CSc2nc(C(=O)OCC)ccc2C#N)NC(=O)N[C@H]1c1cccs1. The van der Waals surface area contributed by atoms with Gasteiger partial charge in [0.25, 0.3) is 0 Å². The number of carbonyl (C=O) groups is 3. The zero-order chi connectivity index (χ0) is 23.1. The predicted molar refractivity (Wildman–Crippen MR) is 118 cm³/mol. The second-order valence-electron chi connectivity index (χ2n) is 6.33. The number of carbonyl (C=O) groups excluding carboxylic acids is 3. The van der Waals surface area contributed by atoms with Gasteiger partial charge in [-0.05, 0) is 37.4 Å². The summed E-state index contributed by atoms with van der Waals surface area (Å²) in [5.41, 5.74) is 0.958. The Morgan fingerprint density at radius 1 is 1.22 bits per heavy atom. The topological polar surface area (TPSA) is 130 Å². The first-order chi connectivity index (χ1) is 15.5. The highest BCUT2D eigenvalue weighted by Gasteiger charge is 2.34. The minimum atomic E-state index is -0.660. The highest BCUT2D eigenvalue weighted by atomic mass is 32.2. The van der Waals surface area contributed by atoms with Crippen molar-refractivity contribution in [2.75, 3.05) is 19.0 Å². The molecule has 2 aromatic rings. The number of aromatic nitrogens is 1. The molecule has 32 heavy (non-hydrogen) atoms. The monoisotopic (exact) mass is 472 g/mol. The van der Waals surface area contributed by atoms with E-state index in [1.165, 1.54) is 23.5 Å². The van der Waals surface area contributed by atoms with E-state index in [0.29, 0.717) is 5.70 Å². The number of urea groups is 1. The molecule has 166 valence electrons. The molecule has 1 aliphatic rings. The van der Waals surface area contributed by atoms with Crippen LogP contribution in [0.15, 0.2) is 45.9 Å². The standard InChI is InChI=1S/C21H20N4O5S2/c1-3-29-19(26)13-8-7-12(10-22)18(23-13)32-11-14-16(20(27)30-4-2)17(25-21(28)24-14)15-6-5-9-31-15/h5-9,17H,3-4,11H2,1-2H3,(H2,24,25,28)/t17-/m0/s1. The van der Waals surface area contributed by atoms with Crippen LogP contribution in [0.2, 0.25) is 0 Å². The van der Waals surface area contributed by atoms with E-state index in [0.717, 1.165) is 16.6 Å². The summed E-state index contributed by atoms with van der Waals surface area (Å²) >= 11 is 2.53. The number of nitrogens with zero attached hydrogens (tertiary/aromatic N) is 2. The number of ether oxygens (including phenoxy) is 2. The van der Waals surface area contributed by atoms with Crippen molar-refractivity contribution < 1.29 is 23.9 Å². The summed E-state index contributed by atoms with van der Waals surface area (Å²) in [6, 6.07) is 7.47. The van der Waals surface area contributed by atoms with Crippen LogP contribution in [-0.2, 0) is 14.3 Å². The summed E-state index contributed by atoms with van der Waals surface area (Å²) in [5.74, 6) is -1.03. The van der Waals surface area contributed by atoms with Gasteiger partial charge in [0.15, 0.2) is 0 Å². The van der Waals surface area contributed by atoms with Gasteiger partial charge < -0.3 is 20.1 Å². The fraction of sp³-hybridized carbons (Fsp3) is 0.286. The van der Waals surface area contributed by atoms with Crippen LogP contribution in [0.1, 0.15) is 40.8 Å². The molecule has 11 heteroatoms. The summed E-state index contributed by atoms with van der Waals surface area (Å²) in [6.45, 7) is 3.76. The summed E-state index contributed by atoms with van der Waals surface area (Å²) in [4.78, 5) is 42.1. The highest BCUT2D eigenvalue weighted by molar-refractivity contribution is 7.99. The van der Waals surface area contributed by atoms with Gasteiger partial charge in [-0.1, -0.05) is 17.8 Å². The highest BCUT2D eigenvalue weighted by Crippen LogP contribution is 2.33. The van der Waals surface area contributed by atoms with Gasteiger partial charge in [0, 0.05) is 16.3 Å². The van der Waals surface area contributed by atoms with Gasteiger partial charge in [-0.2, -0.15) is 5.26 Å². The summed E-state index contributed by atoms with van der Waals surface area (Å²) < 4.78 is 10.2. The van der Waals surface area contributed by atoms with E-state index >= 15 is 0 Å². The largest absolute Gasteiger partial charge is 0.463 e. The number of thiophene rings is 1. The van der Waals surface area contributed by atoms with Crippen LogP contribution in [0.25, 0.3) is 0 Å². The molecule has 2 N–H and O–H groups in total. The minimum Gasteiger partial charge on any atom is -0.463 e. The van der Waals surface area contributed by atoms with Crippen molar-refractivity contribution >= 4 is 41.1 Å². The zero-order valence-electron chi connectivity index (χ0n) is 17.3. The average Bonchev–Trinajstić information content (AvgIpc) is 3.32. The van der Waals surface area contributed by atoms with Gasteiger partial charge >= 0.3 is 18.0 Å². The van der Waals surface area contributed by atoms with E-state index in [2.05, 4.69) is 15.6 Å². The number of esters is 2. The third kappa shape index (κ3) is 5.27. The first-order valence-corrected chi connectivity index (χ1v) is 11.6. The Bertz CT molecular complexity index is 1090. The molecule has 3 rings (SSSR count). The molecule has 0 fully saturated rings. The first-order valence-electron chi connectivity index (χ1n) is 9.70. The van der Waals surface area contributed by atoms with Crippen molar-refractivity contribution in [1.82, 2.24) is 15.6 Å². The van der Waals surface area contributed by atoms with E-state index < -0.39 is 24.0 Å². The second-order valence-corrected chi connectivity index (χ2v) is 8.27. The van der Waals surface area contributed by atoms with E-state index in [4.69, 9.17) is 9.47 Å². The van der Waals surface area contributed by atoms with Crippen molar-refractivity contribution in [3.63, 3.8) is 0 Å². The lowest BCUT2D eigenvalue weighted by molar-refractivity contribution is -0.139. The minimum absolute atomic E-state index is 0.0683. The van der Waals surface area contributed by atoms with Crippen LogP contribution < -0.4 is 10.6 Å². The lowest BCUT2D eigenvalue weighted by atomic mass is 10.0. The maximum absolute atomic E-state index is 12.8. The maximum Gasteiger partial charge on any atom is 0.356 e. The van der Waals surface area contributed by atoms with Gasteiger partial charge in [-0.15, -0.1) is 11.3 Å². The molecule has 3 heterocycles. The Labute approximate surface area is 192 Å². The second kappa shape index (κ2) is 10.8. The summed E-state index contributed by atoms with van der Waals surface area (Å²) in [6.07, 6.45) is 0. The summed E-state index contributed by atoms with van der Waals surface area (Å²) in [5, 5.41) is 17.0. The number of hydrogen-bond donors (Lipinski definition) is 2. The van der Waals surface area contributed by atoms with Crippen molar-refractivity contribution in [1.29, 1.82) is 5.26 Å². The quantitative estimate of drug-likeness (QED) is 0.443. The predicted octanol–water partition coefficient (Wildman–Crippen LogP) is 3.15. The molecule has 9 nitrogen and oxygen atoms in total. The molecule has 2 amide bonds. The van der Waals surface area contributed by atoms with Gasteiger partial charge in [-0.25, -0.2) is 19.4 Å². The van der Waals surface area contributed by atoms with Crippen molar-refractivity contribution in [2.45, 2.75) is 24.9 Å². The average molecular weight is 473 g/mol. The van der Waals surface area contributed by atoms with Gasteiger partial charge in [0.05, 0.1) is 30.4 Å². The number of pyridine rings is 1. The first kappa shape index (κ1) is 23.3. The van der Waals surface area contributed by atoms with E-state index in [1.807, 2.05) is 23.6 Å². The van der Waals surface area contributed by atoms with Crippen molar-refractivity contribution in [3.05, 3.63) is 57.1 Å². The molecule has 0 saturated carbocycles. The van der Waals surface area contributed by atoms with E-state index in [1.54, 1.807) is 13.8 Å². The molecule has 2 aromatic heterocycles. The Balaban J connectivity index is 1.95. The van der Waals surface area contributed by atoms with Crippen LogP contribution in [0.3, 0.4) is 0 Å². The smallest absolute Gasteiger partial charge is 0.356 e. The number of nitriles is 1. The molecular formula is C21H20N4O5S2. The Kier molecular flexibility index (Phi) is 7.86. The van der Waals surface area contributed by atoms with E-state index in [-0.39, 0.29) is 40.8 Å². The lowest BCUT2D eigenvalue weighted by Crippen LogP contribution is -2.46. The van der Waals surface area contributed by atoms with Crippen molar-refractivity contribution in [2.24, 2.45) is 0 Å². The number of amides is 2. The molecule has 1 aliphatic heterocycles. The number of rotatable bonds is 8. The fourth-order valence-corrected chi connectivity index (χ4v) is 4.67. The van der Waals surface area contributed by atoms with Gasteiger partial charge in [0.1, 0.15) is 16.8 Å². The molecule has 1 atom stereocenters. The molecule has 0 aliphatic carbocycles. The number of nitrogens with one attached hydrogen (secondary N) is 2. The van der Waals surface area contributed by atoms with Crippen LogP contribution >= 0.6 is 23.1 Å². The van der Waals surface area contributed by atoms with Gasteiger partial charge in [-0.3, -0.25) is 0 Å². The van der Waals surface area contributed by atoms with Crippen LogP contribution in [0, 0.1) is 11.3 Å². The maximum atomic E-state index is 12.8. The van der Waals surface area contributed by atoms with Crippen LogP contribution in [-0.4, -0.2) is 41.9 Å². The van der Waals surface area contributed by atoms with E-state index in [9.17, 15) is 19.6 Å². The summed E-state index contributed by atoms with van der Waals surface area (Å²) in [7, 11) is 0. The molecule has 0 bridgehead atoms.